The van der Waals surface area contributed by atoms with E-state index in [4.69, 9.17) is 0 Å². The number of hydrogen-bond donors (Lipinski definition) is 1. The number of anilines is 1. The van der Waals surface area contributed by atoms with Crippen LogP contribution in [0.25, 0.3) is 0 Å². The maximum atomic E-state index is 13.4. The Morgan fingerprint density at radius 2 is 1.83 bits per heavy atom. The van der Waals surface area contributed by atoms with E-state index >= 15 is 0 Å². The zero-order valence-electron chi connectivity index (χ0n) is 17.1. The van der Waals surface area contributed by atoms with Crippen LogP contribution in [0, 0.1) is 11.7 Å². The number of carbonyl (C=O) groups excluding carboxylic acids is 2. The Bertz CT molecular complexity index is 912. The smallest absolute Gasteiger partial charge is 0.241 e. The van der Waals surface area contributed by atoms with Crippen molar-refractivity contribution in [3.05, 3.63) is 59.9 Å². The van der Waals surface area contributed by atoms with Crippen molar-refractivity contribution in [3.63, 3.8) is 0 Å². The molecule has 1 N–H and O–H groups in total. The molecular formula is C24H27FN2O2S. The highest BCUT2D eigenvalue weighted by Crippen LogP contribution is 2.42. The molecule has 0 spiro atoms. The quantitative estimate of drug-likeness (QED) is 0.738. The number of nitrogens with one attached hydrogen (secondary N) is 1. The minimum Gasteiger partial charge on any atom is -0.353 e. The Balaban J connectivity index is 1.54. The predicted molar refractivity (Wildman–Crippen MR) is 118 cm³/mol. The highest BCUT2D eigenvalue weighted by molar-refractivity contribution is 8.01. The molecule has 0 unspecified atom stereocenters. The first-order valence-electron chi connectivity index (χ1n) is 10.6. The van der Waals surface area contributed by atoms with Crippen molar-refractivity contribution < 1.29 is 14.0 Å². The lowest BCUT2D eigenvalue weighted by molar-refractivity contribution is -0.129. The summed E-state index contributed by atoms with van der Waals surface area (Å²) in [5, 5.41) is 2.68. The van der Waals surface area contributed by atoms with Crippen LogP contribution in [-0.4, -0.2) is 23.1 Å². The highest BCUT2D eigenvalue weighted by atomic mass is 32.2. The van der Waals surface area contributed by atoms with Crippen LogP contribution in [0.3, 0.4) is 0 Å². The summed E-state index contributed by atoms with van der Waals surface area (Å²) in [7, 11) is 0. The third kappa shape index (κ3) is 4.53. The van der Waals surface area contributed by atoms with E-state index in [2.05, 4.69) is 5.32 Å². The van der Waals surface area contributed by atoms with Gasteiger partial charge in [0.25, 0.3) is 0 Å². The van der Waals surface area contributed by atoms with Crippen molar-refractivity contribution >= 4 is 29.3 Å². The summed E-state index contributed by atoms with van der Waals surface area (Å²) in [5.41, 5.74) is 1.69. The molecular weight excluding hydrogens is 399 g/mol. The van der Waals surface area contributed by atoms with Crippen LogP contribution in [0.15, 0.2) is 53.4 Å². The summed E-state index contributed by atoms with van der Waals surface area (Å²) in [5.74, 6) is -0.859. The Labute approximate surface area is 181 Å². The largest absolute Gasteiger partial charge is 0.353 e. The number of fused-ring (bicyclic) bond motifs is 1. The monoisotopic (exact) mass is 426 g/mol. The molecule has 0 aromatic heterocycles. The predicted octanol–water partition coefficient (Wildman–Crippen LogP) is 4.92. The number of carbonyl (C=O) groups is 2. The Morgan fingerprint density at radius 3 is 2.57 bits per heavy atom. The van der Waals surface area contributed by atoms with Crippen LogP contribution >= 0.6 is 11.8 Å². The number of amides is 2. The average molecular weight is 427 g/mol. The number of thioether (sulfide) groups is 1. The fraction of sp³-hybridized carbons (Fsp3) is 0.417. The van der Waals surface area contributed by atoms with E-state index in [-0.39, 0.29) is 23.7 Å². The van der Waals surface area contributed by atoms with Crippen molar-refractivity contribution in [2.45, 2.75) is 61.8 Å². The molecule has 1 saturated carbocycles. The topological polar surface area (TPSA) is 49.4 Å². The maximum absolute atomic E-state index is 13.4. The fourth-order valence-electron chi connectivity index (χ4n) is 4.21. The molecule has 4 nitrogen and oxygen atoms in total. The summed E-state index contributed by atoms with van der Waals surface area (Å²) in [6.07, 6.45) is 5.56. The van der Waals surface area contributed by atoms with E-state index in [0.717, 1.165) is 41.8 Å². The van der Waals surface area contributed by atoms with Gasteiger partial charge in [-0.15, -0.1) is 11.8 Å². The molecule has 4 rings (SSSR count). The molecule has 0 saturated heterocycles. The Morgan fingerprint density at radius 1 is 1.13 bits per heavy atom. The van der Waals surface area contributed by atoms with E-state index in [0.29, 0.717) is 6.54 Å². The van der Waals surface area contributed by atoms with Crippen molar-refractivity contribution in [3.8, 4) is 0 Å². The molecule has 6 heteroatoms. The van der Waals surface area contributed by atoms with Crippen molar-refractivity contribution in [2.75, 3.05) is 4.90 Å². The molecule has 0 radical (unpaired) electrons. The SMILES string of the molecule is C[C@@H](C(=O)NC1CCCCC1)[C@@H]1Sc2ccccc2N(Cc2ccc(F)cc2)C1=O. The van der Waals surface area contributed by atoms with Crippen LogP contribution in [0.4, 0.5) is 10.1 Å². The first kappa shape index (κ1) is 20.9. The number of halogens is 1. The maximum Gasteiger partial charge on any atom is 0.241 e. The van der Waals surface area contributed by atoms with Gasteiger partial charge < -0.3 is 10.2 Å². The van der Waals surface area contributed by atoms with Gasteiger partial charge in [-0.05, 0) is 42.7 Å². The number of nitrogens with zero attached hydrogens (tertiary/aromatic N) is 1. The van der Waals surface area contributed by atoms with E-state index < -0.39 is 11.2 Å². The van der Waals surface area contributed by atoms with Gasteiger partial charge in [0, 0.05) is 10.9 Å². The zero-order valence-corrected chi connectivity index (χ0v) is 18.0. The number of para-hydroxylation sites is 1. The van der Waals surface area contributed by atoms with E-state index in [1.54, 1.807) is 17.0 Å². The van der Waals surface area contributed by atoms with Gasteiger partial charge in [-0.1, -0.05) is 50.5 Å². The summed E-state index contributed by atoms with van der Waals surface area (Å²) in [6, 6.07) is 14.2. The number of benzene rings is 2. The molecule has 2 aliphatic rings. The summed E-state index contributed by atoms with van der Waals surface area (Å²) < 4.78 is 13.3. The molecule has 1 fully saturated rings. The standard InChI is InChI=1S/C24H27FN2O2S/c1-16(23(28)26-19-7-3-2-4-8-19)22-24(29)27(15-17-11-13-18(25)14-12-17)20-9-5-6-10-21(20)30-22/h5-6,9-14,16,19,22H,2-4,7-8,15H2,1H3,(H,26,28)/t16-,22+/m1/s1. The summed E-state index contributed by atoms with van der Waals surface area (Å²) in [4.78, 5) is 29.1. The molecule has 158 valence electrons. The van der Waals surface area contributed by atoms with Crippen molar-refractivity contribution in [1.82, 2.24) is 5.32 Å². The lowest BCUT2D eigenvalue weighted by Gasteiger charge is -2.36. The van der Waals surface area contributed by atoms with Gasteiger partial charge in [0.05, 0.1) is 18.2 Å². The molecule has 1 heterocycles. The van der Waals surface area contributed by atoms with Gasteiger partial charge in [0.15, 0.2) is 0 Å². The van der Waals surface area contributed by atoms with Crippen LogP contribution in [0.2, 0.25) is 0 Å². The molecule has 2 amide bonds. The summed E-state index contributed by atoms with van der Waals surface area (Å²) >= 11 is 1.47. The molecule has 1 aliphatic carbocycles. The fourth-order valence-corrected chi connectivity index (χ4v) is 5.49. The third-order valence-electron chi connectivity index (χ3n) is 5.99. The van der Waals surface area contributed by atoms with Crippen molar-refractivity contribution in [1.29, 1.82) is 0 Å². The third-order valence-corrected chi connectivity index (χ3v) is 7.46. The number of rotatable bonds is 5. The first-order chi connectivity index (χ1) is 14.5. The normalized spacial score (nSPS) is 20.5. The first-order valence-corrected chi connectivity index (χ1v) is 11.5. The van der Waals surface area contributed by atoms with E-state index in [9.17, 15) is 14.0 Å². The second-order valence-electron chi connectivity index (χ2n) is 8.19. The zero-order chi connectivity index (χ0) is 21.1. The summed E-state index contributed by atoms with van der Waals surface area (Å²) in [6.45, 7) is 2.20. The molecule has 2 aromatic carbocycles. The second-order valence-corrected chi connectivity index (χ2v) is 9.37. The van der Waals surface area contributed by atoms with Crippen LogP contribution in [0.5, 0.6) is 0 Å². The van der Waals surface area contributed by atoms with Crippen LogP contribution in [0.1, 0.15) is 44.6 Å². The van der Waals surface area contributed by atoms with Gasteiger partial charge >= 0.3 is 0 Å². The van der Waals surface area contributed by atoms with E-state index in [1.165, 1.54) is 30.3 Å². The molecule has 2 aromatic rings. The Kier molecular flexibility index (Phi) is 6.42. The molecule has 0 bridgehead atoms. The van der Waals surface area contributed by atoms with Gasteiger partial charge in [-0.2, -0.15) is 0 Å². The van der Waals surface area contributed by atoms with Gasteiger partial charge in [0.2, 0.25) is 11.8 Å². The van der Waals surface area contributed by atoms with Gasteiger partial charge in [-0.25, -0.2) is 4.39 Å². The highest BCUT2D eigenvalue weighted by Gasteiger charge is 2.39. The average Bonchev–Trinajstić information content (AvgIpc) is 2.77. The second kappa shape index (κ2) is 9.21. The van der Waals surface area contributed by atoms with Crippen LogP contribution in [-0.2, 0) is 16.1 Å². The van der Waals surface area contributed by atoms with Crippen LogP contribution < -0.4 is 10.2 Å². The lowest BCUT2D eigenvalue weighted by atomic mass is 9.94. The Hall–Kier alpha value is -2.34. The molecule has 2 atom stereocenters. The van der Waals surface area contributed by atoms with Gasteiger partial charge in [-0.3, -0.25) is 9.59 Å². The minimum absolute atomic E-state index is 0.0473. The lowest BCUT2D eigenvalue weighted by Crippen LogP contribution is -2.49. The van der Waals surface area contributed by atoms with Gasteiger partial charge in [0.1, 0.15) is 11.1 Å². The van der Waals surface area contributed by atoms with E-state index in [1.807, 2.05) is 31.2 Å². The molecule has 30 heavy (non-hydrogen) atoms. The van der Waals surface area contributed by atoms with Crippen molar-refractivity contribution in [2.24, 2.45) is 5.92 Å². The minimum atomic E-state index is -0.482. The molecule has 1 aliphatic heterocycles. The number of hydrogen-bond acceptors (Lipinski definition) is 3.